The van der Waals surface area contributed by atoms with Gasteiger partial charge in [0.2, 0.25) is 13.0 Å². The number of hydrogen-bond donors (Lipinski definition) is 3. The fraction of sp³-hybridized carbons (Fsp3) is 0.207. The van der Waals surface area contributed by atoms with Crippen molar-refractivity contribution < 1.29 is 38.7 Å². The maximum Gasteiger partial charge on any atom is 0.353 e. The summed E-state index contributed by atoms with van der Waals surface area (Å²) in [4.78, 5) is 73.1. The van der Waals surface area contributed by atoms with Gasteiger partial charge in [0.25, 0.3) is 11.8 Å². The fourth-order valence-corrected chi connectivity index (χ4v) is 7.46. The van der Waals surface area contributed by atoms with Crippen molar-refractivity contribution in [3.05, 3.63) is 93.5 Å². The molecule has 0 bridgehead atoms. The standard InChI is InChI=1S/C29H25N5O8S3/c1-43-19-14-44-27-22(26(38)34(27)23(19)28(39)40)32-25(37)21(18-13-45-29(31-18)30-15-35)33-41-12-20(36)42-24(16-8-4-2-5-9-16)17-10-6-3-7-11-17/h2-11,13,15,22,24,27H,12,14H2,1H3,(H,32,37)(H,39,40)(H,30,31,35)/b33-21+/t22?,27-/m1/s1. The molecule has 1 unspecified atom stereocenters. The highest BCUT2D eigenvalue weighted by Gasteiger charge is 2.54. The number of nitrogens with one attached hydrogen (secondary N) is 2. The van der Waals surface area contributed by atoms with Crippen molar-refractivity contribution >= 4 is 75.9 Å². The number of carbonyl (C=O) groups is 5. The number of fused-ring (bicyclic) bond motifs is 1. The number of esters is 1. The summed E-state index contributed by atoms with van der Waals surface area (Å²) in [5.41, 5.74) is 1.02. The van der Waals surface area contributed by atoms with Crippen molar-refractivity contribution in [2.45, 2.75) is 17.5 Å². The molecule has 5 rings (SSSR count). The van der Waals surface area contributed by atoms with Crippen LogP contribution in [0.2, 0.25) is 0 Å². The number of hydrogen-bond acceptors (Lipinski definition) is 12. The van der Waals surface area contributed by atoms with Gasteiger partial charge in [-0.1, -0.05) is 65.8 Å². The molecule has 2 aromatic carbocycles. The lowest BCUT2D eigenvalue weighted by molar-refractivity contribution is -0.153. The highest BCUT2D eigenvalue weighted by atomic mass is 32.2. The average molecular weight is 668 g/mol. The summed E-state index contributed by atoms with van der Waals surface area (Å²) in [5, 5.41) is 19.5. The van der Waals surface area contributed by atoms with Crippen molar-refractivity contribution in [2.75, 3.05) is 23.9 Å². The molecular weight excluding hydrogens is 643 g/mol. The molecular formula is C29H25N5O8S3. The zero-order chi connectivity index (χ0) is 31.9. The van der Waals surface area contributed by atoms with Crippen LogP contribution >= 0.6 is 34.9 Å². The minimum Gasteiger partial charge on any atom is -0.477 e. The van der Waals surface area contributed by atoms with Gasteiger partial charge in [0.1, 0.15) is 22.8 Å². The van der Waals surface area contributed by atoms with Crippen LogP contribution in [-0.4, -0.2) is 80.9 Å². The molecule has 3 amide bonds. The Kier molecular flexibility index (Phi) is 10.2. The smallest absolute Gasteiger partial charge is 0.353 e. The van der Waals surface area contributed by atoms with E-state index in [-0.39, 0.29) is 22.2 Å². The zero-order valence-corrected chi connectivity index (χ0v) is 25.9. The molecule has 2 aliphatic rings. The number of carboxylic acids is 1. The third-order valence-electron chi connectivity index (χ3n) is 6.61. The van der Waals surface area contributed by atoms with E-state index in [9.17, 15) is 29.1 Å². The summed E-state index contributed by atoms with van der Waals surface area (Å²) in [6.45, 7) is -0.657. The Labute approximate surface area is 269 Å². The second-order valence-electron chi connectivity index (χ2n) is 9.35. The van der Waals surface area contributed by atoms with Gasteiger partial charge >= 0.3 is 11.9 Å². The molecule has 1 aromatic heterocycles. The maximum absolute atomic E-state index is 13.4. The molecule has 3 heterocycles. The highest BCUT2D eigenvalue weighted by molar-refractivity contribution is 8.05. The molecule has 0 saturated carbocycles. The monoisotopic (exact) mass is 667 g/mol. The first-order valence-electron chi connectivity index (χ1n) is 13.2. The van der Waals surface area contributed by atoms with E-state index in [1.54, 1.807) is 6.26 Å². The number of thiazole rings is 1. The summed E-state index contributed by atoms with van der Waals surface area (Å²) < 4.78 is 5.72. The van der Waals surface area contributed by atoms with Crippen LogP contribution in [0.15, 0.2) is 81.8 Å². The largest absolute Gasteiger partial charge is 0.477 e. The number of rotatable bonds is 13. The third-order valence-corrected chi connectivity index (χ3v) is 9.67. The quantitative estimate of drug-likeness (QED) is 0.0803. The third kappa shape index (κ3) is 7.02. The molecule has 0 aliphatic carbocycles. The van der Waals surface area contributed by atoms with E-state index >= 15 is 0 Å². The maximum atomic E-state index is 13.4. The number of anilines is 1. The molecule has 3 N–H and O–H groups in total. The van der Waals surface area contributed by atoms with Gasteiger partial charge in [0, 0.05) is 16.0 Å². The number of carboxylic acid groups (broad SMARTS) is 1. The van der Waals surface area contributed by atoms with Gasteiger partial charge in [0.15, 0.2) is 16.9 Å². The molecule has 1 saturated heterocycles. The number of ether oxygens (including phenoxy) is 1. The first kappa shape index (κ1) is 31.7. The Morgan fingerprint density at radius 1 is 1.16 bits per heavy atom. The first-order valence-corrected chi connectivity index (χ1v) is 16.4. The molecule has 0 radical (unpaired) electrons. The second-order valence-corrected chi connectivity index (χ2v) is 12.2. The minimum absolute atomic E-state index is 0.0115. The number of β-lactam (4-membered cyclic amide) rings is 1. The van der Waals surface area contributed by atoms with E-state index in [0.717, 1.165) is 27.4 Å². The number of amides is 3. The molecule has 16 heteroatoms. The topological polar surface area (TPSA) is 177 Å². The summed E-state index contributed by atoms with van der Waals surface area (Å²) in [6, 6.07) is 17.2. The van der Waals surface area contributed by atoms with Crippen molar-refractivity contribution in [3.8, 4) is 0 Å². The fourth-order valence-electron chi connectivity index (χ4n) is 4.56. The van der Waals surface area contributed by atoms with Crippen LogP contribution in [0.3, 0.4) is 0 Å². The summed E-state index contributed by atoms with van der Waals surface area (Å²) in [7, 11) is 0. The highest BCUT2D eigenvalue weighted by Crippen LogP contribution is 2.42. The van der Waals surface area contributed by atoms with E-state index in [1.165, 1.54) is 28.9 Å². The lowest BCUT2D eigenvalue weighted by Crippen LogP contribution is -2.71. The Bertz CT molecular complexity index is 1620. The summed E-state index contributed by atoms with van der Waals surface area (Å²) in [6.07, 6.45) is 1.43. The molecule has 13 nitrogen and oxygen atoms in total. The van der Waals surface area contributed by atoms with E-state index in [1.807, 2.05) is 60.7 Å². The number of oxime groups is 1. The summed E-state index contributed by atoms with van der Waals surface area (Å²) in [5.74, 6) is -3.09. The van der Waals surface area contributed by atoms with Gasteiger partial charge in [-0.15, -0.1) is 34.9 Å². The predicted molar refractivity (Wildman–Crippen MR) is 168 cm³/mol. The number of thioether (sulfide) groups is 2. The van der Waals surface area contributed by atoms with E-state index in [2.05, 4.69) is 20.8 Å². The van der Waals surface area contributed by atoms with Crippen molar-refractivity contribution in [1.82, 2.24) is 15.2 Å². The number of nitrogens with zero attached hydrogens (tertiary/aromatic N) is 3. The summed E-state index contributed by atoms with van der Waals surface area (Å²) >= 11 is 3.57. The van der Waals surface area contributed by atoms with Crippen LogP contribution in [0.4, 0.5) is 5.13 Å². The number of aromatic nitrogens is 1. The van der Waals surface area contributed by atoms with E-state index < -0.39 is 47.9 Å². The Morgan fingerprint density at radius 2 is 1.82 bits per heavy atom. The minimum atomic E-state index is -1.23. The predicted octanol–water partition coefficient (Wildman–Crippen LogP) is 2.82. The van der Waals surface area contributed by atoms with Gasteiger partial charge in [-0.25, -0.2) is 14.6 Å². The molecule has 45 heavy (non-hydrogen) atoms. The molecule has 2 atom stereocenters. The van der Waals surface area contributed by atoms with Crippen LogP contribution < -0.4 is 10.6 Å². The second kappa shape index (κ2) is 14.4. The lowest BCUT2D eigenvalue weighted by atomic mass is 10.0. The SMILES string of the molecule is CSC1=C(C(=O)O)N2C(=O)C(NC(=O)/C(=N/OCC(=O)OC(c3ccccc3)c3ccccc3)c3csc(NC=O)n3)[C@H]2SC1. The first-order chi connectivity index (χ1) is 21.8. The molecule has 1 fully saturated rings. The van der Waals surface area contributed by atoms with Crippen LogP contribution in [-0.2, 0) is 33.5 Å². The van der Waals surface area contributed by atoms with Crippen molar-refractivity contribution in [2.24, 2.45) is 5.16 Å². The van der Waals surface area contributed by atoms with Gasteiger partial charge < -0.3 is 25.3 Å². The normalized spacial score (nSPS) is 17.7. The van der Waals surface area contributed by atoms with Gasteiger partial charge in [-0.2, -0.15) is 0 Å². The van der Waals surface area contributed by atoms with Crippen molar-refractivity contribution in [3.63, 3.8) is 0 Å². The number of aliphatic carboxylic acids is 1. The van der Waals surface area contributed by atoms with Gasteiger partial charge in [0.05, 0.1) is 0 Å². The van der Waals surface area contributed by atoms with Crippen LogP contribution in [0.25, 0.3) is 0 Å². The Balaban J connectivity index is 1.31. The van der Waals surface area contributed by atoms with Crippen LogP contribution in [0.1, 0.15) is 22.9 Å². The number of benzene rings is 2. The molecule has 0 spiro atoms. The Morgan fingerprint density at radius 3 is 2.42 bits per heavy atom. The van der Waals surface area contributed by atoms with Crippen LogP contribution in [0.5, 0.6) is 0 Å². The molecule has 2 aliphatic heterocycles. The Hall–Kier alpha value is -4.67. The van der Waals surface area contributed by atoms with Gasteiger partial charge in [-0.3, -0.25) is 19.3 Å². The lowest BCUT2D eigenvalue weighted by Gasteiger charge is -2.49. The van der Waals surface area contributed by atoms with Crippen LogP contribution in [0, 0.1) is 0 Å². The molecule has 3 aromatic rings. The zero-order valence-electron chi connectivity index (χ0n) is 23.4. The average Bonchev–Trinajstić information content (AvgIpc) is 3.52. The van der Waals surface area contributed by atoms with Gasteiger partial charge in [-0.05, 0) is 17.4 Å². The van der Waals surface area contributed by atoms with Crippen molar-refractivity contribution in [1.29, 1.82) is 0 Å². The van der Waals surface area contributed by atoms with E-state index in [4.69, 9.17) is 9.57 Å². The molecule has 232 valence electrons. The number of carbonyl (C=O) groups excluding carboxylic acids is 4. The van der Waals surface area contributed by atoms with E-state index in [0.29, 0.717) is 17.1 Å².